The second kappa shape index (κ2) is 6.07. The van der Waals surface area contributed by atoms with Crippen LogP contribution in [0.1, 0.15) is 38.5 Å². The summed E-state index contributed by atoms with van der Waals surface area (Å²) in [6, 6.07) is 0. The van der Waals surface area contributed by atoms with Gasteiger partial charge in [-0.25, -0.2) is 4.79 Å². The number of amides is 2. The molecule has 2 aliphatic rings. The first kappa shape index (κ1) is 13.2. The summed E-state index contributed by atoms with van der Waals surface area (Å²) in [4.78, 5) is 24.6. The Hall–Kier alpha value is -1.26. The third kappa shape index (κ3) is 3.37. The highest BCUT2D eigenvalue weighted by Gasteiger charge is 2.28. The van der Waals surface area contributed by atoms with E-state index in [1.807, 2.05) is 0 Å². The van der Waals surface area contributed by atoms with Gasteiger partial charge in [-0.1, -0.05) is 19.3 Å². The van der Waals surface area contributed by atoms with Crippen molar-refractivity contribution in [2.45, 2.75) is 44.6 Å². The van der Waals surface area contributed by atoms with Gasteiger partial charge in [0.05, 0.1) is 6.54 Å². The van der Waals surface area contributed by atoms with Crippen LogP contribution in [0.4, 0.5) is 4.79 Å². The Kier molecular flexibility index (Phi) is 4.44. The van der Waals surface area contributed by atoms with Gasteiger partial charge in [-0.2, -0.15) is 0 Å². The molecule has 0 bridgehead atoms. The predicted molar refractivity (Wildman–Crippen MR) is 67.1 cm³/mol. The van der Waals surface area contributed by atoms with Gasteiger partial charge in [-0.05, 0) is 12.8 Å². The fraction of sp³-hybridized carbons (Fsp3) is 0.846. The van der Waals surface area contributed by atoms with E-state index in [1.165, 1.54) is 19.3 Å². The molecule has 1 unspecified atom stereocenters. The number of carbonyl (C=O) groups is 2. The lowest BCUT2D eigenvalue weighted by Crippen LogP contribution is -2.34. The van der Waals surface area contributed by atoms with Crippen LogP contribution in [0.15, 0.2) is 0 Å². The number of hydrogen-bond donors (Lipinski definition) is 1. The molecule has 1 saturated carbocycles. The van der Waals surface area contributed by atoms with Crippen molar-refractivity contribution >= 4 is 12.0 Å². The molecule has 2 rings (SSSR count). The SMILES string of the molecule is CN1CC(CCNC(=O)C2CCCCC2)OC1=O. The number of rotatable bonds is 4. The lowest BCUT2D eigenvalue weighted by Gasteiger charge is -2.21. The standard InChI is InChI=1S/C13H22N2O3/c1-15-9-11(18-13(15)17)7-8-14-12(16)10-5-3-2-4-6-10/h10-11H,2-9H2,1H3,(H,14,16). The molecule has 5 nitrogen and oxygen atoms in total. The van der Waals surface area contributed by atoms with Crippen molar-refractivity contribution in [3.8, 4) is 0 Å². The molecule has 1 saturated heterocycles. The number of nitrogens with zero attached hydrogens (tertiary/aromatic N) is 1. The van der Waals surface area contributed by atoms with Crippen LogP contribution in [0, 0.1) is 5.92 Å². The minimum atomic E-state index is -0.265. The van der Waals surface area contributed by atoms with E-state index in [0.29, 0.717) is 19.5 Å². The Morgan fingerprint density at radius 2 is 2.11 bits per heavy atom. The van der Waals surface area contributed by atoms with Crippen molar-refractivity contribution in [1.82, 2.24) is 10.2 Å². The molecule has 1 aliphatic heterocycles. The molecule has 0 aromatic rings. The van der Waals surface area contributed by atoms with Gasteiger partial charge in [-0.3, -0.25) is 4.79 Å². The summed E-state index contributed by atoms with van der Waals surface area (Å²) in [7, 11) is 1.73. The summed E-state index contributed by atoms with van der Waals surface area (Å²) in [5, 5.41) is 2.96. The van der Waals surface area contributed by atoms with Crippen LogP contribution in [0.2, 0.25) is 0 Å². The number of hydrogen-bond acceptors (Lipinski definition) is 3. The Bertz CT molecular complexity index is 313. The molecule has 1 aliphatic carbocycles. The van der Waals surface area contributed by atoms with Crippen molar-refractivity contribution in [1.29, 1.82) is 0 Å². The molecular weight excluding hydrogens is 232 g/mol. The van der Waals surface area contributed by atoms with Crippen LogP contribution in [-0.2, 0) is 9.53 Å². The summed E-state index contributed by atoms with van der Waals surface area (Å²) in [5.74, 6) is 0.375. The zero-order valence-electron chi connectivity index (χ0n) is 11.0. The van der Waals surface area contributed by atoms with E-state index in [9.17, 15) is 9.59 Å². The molecule has 1 atom stereocenters. The molecule has 18 heavy (non-hydrogen) atoms. The monoisotopic (exact) mass is 254 g/mol. The van der Waals surface area contributed by atoms with E-state index in [-0.39, 0.29) is 24.0 Å². The first-order valence-electron chi connectivity index (χ1n) is 6.86. The lowest BCUT2D eigenvalue weighted by atomic mass is 9.88. The van der Waals surface area contributed by atoms with Gasteiger partial charge in [0.2, 0.25) is 5.91 Å². The fourth-order valence-electron chi connectivity index (χ4n) is 2.67. The molecule has 1 N–H and O–H groups in total. The lowest BCUT2D eigenvalue weighted by molar-refractivity contribution is -0.125. The van der Waals surface area contributed by atoms with Crippen LogP contribution in [-0.4, -0.2) is 43.1 Å². The first-order valence-corrected chi connectivity index (χ1v) is 6.86. The maximum Gasteiger partial charge on any atom is 0.409 e. The van der Waals surface area contributed by atoms with E-state index in [4.69, 9.17) is 4.74 Å². The van der Waals surface area contributed by atoms with Gasteiger partial charge in [0.15, 0.2) is 0 Å². The summed E-state index contributed by atoms with van der Waals surface area (Å²) in [6.45, 7) is 1.22. The van der Waals surface area contributed by atoms with Gasteiger partial charge in [-0.15, -0.1) is 0 Å². The molecule has 5 heteroatoms. The zero-order valence-corrected chi connectivity index (χ0v) is 11.0. The minimum Gasteiger partial charge on any atom is -0.444 e. The van der Waals surface area contributed by atoms with E-state index in [2.05, 4.69) is 5.32 Å². The van der Waals surface area contributed by atoms with Gasteiger partial charge >= 0.3 is 6.09 Å². The molecular formula is C13H22N2O3. The van der Waals surface area contributed by atoms with E-state index in [1.54, 1.807) is 11.9 Å². The summed E-state index contributed by atoms with van der Waals surface area (Å²) >= 11 is 0. The summed E-state index contributed by atoms with van der Waals surface area (Å²) < 4.78 is 5.14. The quantitative estimate of drug-likeness (QED) is 0.827. The van der Waals surface area contributed by atoms with Crippen molar-refractivity contribution in [2.75, 3.05) is 20.1 Å². The molecule has 2 fully saturated rings. The average Bonchev–Trinajstić information content (AvgIpc) is 2.69. The molecule has 2 amide bonds. The van der Waals surface area contributed by atoms with Gasteiger partial charge in [0.1, 0.15) is 6.10 Å². The number of carbonyl (C=O) groups excluding carboxylic acids is 2. The second-order valence-electron chi connectivity index (χ2n) is 5.30. The van der Waals surface area contributed by atoms with Crippen molar-refractivity contribution < 1.29 is 14.3 Å². The van der Waals surface area contributed by atoms with Crippen LogP contribution in [0.25, 0.3) is 0 Å². The molecule has 0 aromatic heterocycles. The first-order chi connectivity index (χ1) is 8.66. The van der Waals surface area contributed by atoms with Crippen molar-refractivity contribution in [3.63, 3.8) is 0 Å². The van der Waals surface area contributed by atoms with E-state index in [0.717, 1.165) is 12.8 Å². The van der Waals surface area contributed by atoms with Crippen LogP contribution in [0.5, 0.6) is 0 Å². The molecule has 0 spiro atoms. The highest BCUT2D eigenvalue weighted by molar-refractivity contribution is 5.78. The largest absolute Gasteiger partial charge is 0.444 e. The number of likely N-dealkylation sites (N-methyl/N-ethyl adjacent to an activating group) is 1. The van der Waals surface area contributed by atoms with Gasteiger partial charge in [0.25, 0.3) is 0 Å². The van der Waals surface area contributed by atoms with E-state index >= 15 is 0 Å². The maximum absolute atomic E-state index is 11.9. The third-order valence-corrected chi connectivity index (χ3v) is 3.80. The summed E-state index contributed by atoms with van der Waals surface area (Å²) in [5.41, 5.74) is 0. The van der Waals surface area contributed by atoms with E-state index < -0.39 is 0 Å². The Labute approximate surface area is 108 Å². The second-order valence-corrected chi connectivity index (χ2v) is 5.30. The molecule has 0 aromatic carbocycles. The van der Waals surface area contributed by atoms with Crippen molar-refractivity contribution in [3.05, 3.63) is 0 Å². The number of cyclic esters (lactones) is 1. The van der Waals surface area contributed by atoms with Crippen LogP contribution < -0.4 is 5.32 Å². The predicted octanol–water partition coefficient (Wildman–Crippen LogP) is 1.52. The molecule has 0 radical (unpaired) electrons. The van der Waals surface area contributed by atoms with Crippen LogP contribution >= 0.6 is 0 Å². The maximum atomic E-state index is 11.9. The van der Waals surface area contributed by atoms with Gasteiger partial charge < -0.3 is 15.0 Å². The minimum absolute atomic E-state index is 0.0749. The zero-order chi connectivity index (χ0) is 13.0. The number of ether oxygens (including phenoxy) is 1. The van der Waals surface area contributed by atoms with Crippen molar-refractivity contribution in [2.24, 2.45) is 5.92 Å². The topological polar surface area (TPSA) is 58.6 Å². The Morgan fingerprint density at radius 1 is 1.39 bits per heavy atom. The number of nitrogens with one attached hydrogen (secondary N) is 1. The molecule has 1 heterocycles. The fourth-order valence-corrected chi connectivity index (χ4v) is 2.67. The van der Waals surface area contributed by atoms with Gasteiger partial charge in [0, 0.05) is 25.9 Å². The smallest absolute Gasteiger partial charge is 0.409 e. The normalized spacial score (nSPS) is 25.1. The Morgan fingerprint density at radius 3 is 2.72 bits per heavy atom. The highest BCUT2D eigenvalue weighted by atomic mass is 16.6. The highest BCUT2D eigenvalue weighted by Crippen LogP contribution is 2.23. The average molecular weight is 254 g/mol. The Balaban J connectivity index is 1.63. The summed E-state index contributed by atoms with van der Waals surface area (Å²) in [6.07, 6.45) is 6.00. The van der Waals surface area contributed by atoms with Crippen LogP contribution in [0.3, 0.4) is 0 Å². The third-order valence-electron chi connectivity index (χ3n) is 3.80. The molecule has 102 valence electrons.